The van der Waals surface area contributed by atoms with E-state index in [4.69, 9.17) is 0 Å². The van der Waals surface area contributed by atoms with Gasteiger partial charge in [-0.1, -0.05) is 130 Å². The van der Waals surface area contributed by atoms with Crippen LogP contribution in [0.15, 0.2) is 29.3 Å². The van der Waals surface area contributed by atoms with Crippen LogP contribution in [0.1, 0.15) is 149 Å². The number of nitrogens with zero attached hydrogens (tertiary/aromatic N) is 1. The van der Waals surface area contributed by atoms with Crippen LogP contribution in [0.5, 0.6) is 5.75 Å². The normalized spacial score (nSPS) is 12.7. The number of carbonyl (C=O) groups excluding carboxylic acids is 3. The van der Waals surface area contributed by atoms with Crippen LogP contribution in [-0.4, -0.2) is 54.2 Å². The minimum Gasteiger partial charge on any atom is -0.507 e. The third-order valence-corrected chi connectivity index (χ3v) is 8.19. The minimum atomic E-state index is -0.831. The van der Waals surface area contributed by atoms with E-state index in [1.165, 1.54) is 76.8 Å². The van der Waals surface area contributed by atoms with Gasteiger partial charge in [-0.05, 0) is 37.3 Å². The summed E-state index contributed by atoms with van der Waals surface area (Å²) in [7, 11) is 0. The van der Waals surface area contributed by atoms with Gasteiger partial charge < -0.3 is 21.1 Å². The maximum atomic E-state index is 13.4. The van der Waals surface area contributed by atoms with Crippen molar-refractivity contribution in [2.45, 2.75) is 155 Å². The number of unbranched alkanes of at least 4 members (excludes halogenated alkanes) is 14. The van der Waals surface area contributed by atoms with E-state index in [9.17, 15) is 19.5 Å². The molecule has 0 fully saturated rings. The minimum absolute atomic E-state index is 0.0837. The SMILES string of the molecule is CCCCCCCCCCNC(=O)CC[C@H](NC(=O)[C@@H](N=Cc1ccccc1O)C(C)C)C(=O)NCCCCCCCCCC. The van der Waals surface area contributed by atoms with Gasteiger partial charge in [-0.25, -0.2) is 0 Å². The molecule has 1 aromatic rings. The van der Waals surface area contributed by atoms with Gasteiger partial charge >= 0.3 is 0 Å². The quantitative estimate of drug-likeness (QED) is 0.0592. The average Bonchev–Trinajstić information content (AvgIpc) is 3.02. The Hall–Kier alpha value is -2.90. The van der Waals surface area contributed by atoms with Crippen molar-refractivity contribution in [1.82, 2.24) is 16.0 Å². The van der Waals surface area contributed by atoms with Crippen LogP contribution in [0.25, 0.3) is 0 Å². The van der Waals surface area contributed by atoms with Crippen LogP contribution < -0.4 is 16.0 Å². The topological polar surface area (TPSA) is 120 Å². The number of phenolic OH excluding ortho intramolecular Hbond substituents is 1. The molecule has 1 rings (SSSR count). The largest absolute Gasteiger partial charge is 0.507 e. The average molecular weight is 629 g/mol. The highest BCUT2D eigenvalue weighted by molar-refractivity contribution is 5.92. The molecule has 0 aromatic heterocycles. The molecule has 8 nitrogen and oxygen atoms in total. The number of nitrogens with one attached hydrogen (secondary N) is 3. The van der Waals surface area contributed by atoms with Crippen molar-refractivity contribution in [3.05, 3.63) is 29.8 Å². The summed E-state index contributed by atoms with van der Waals surface area (Å²) in [6.07, 6.45) is 20.9. The van der Waals surface area contributed by atoms with Crippen molar-refractivity contribution in [3.63, 3.8) is 0 Å². The molecule has 0 aliphatic carbocycles. The zero-order valence-corrected chi connectivity index (χ0v) is 28.9. The summed E-state index contributed by atoms with van der Waals surface area (Å²) in [6.45, 7) is 9.40. The van der Waals surface area contributed by atoms with E-state index >= 15 is 0 Å². The molecule has 0 unspecified atom stereocenters. The van der Waals surface area contributed by atoms with Gasteiger partial charge in [0, 0.05) is 31.3 Å². The molecule has 0 aliphatic rings. The molecule has 0 saturated heterocycles. The molecule has 4 N–H and O–H groups in total. The second kappa shape index (κ2) is 26.3. The van der Waals surface area contributed by atoms with Crippen molar-refractivity contribution in [1.29, 1.82) is 0 Å². The molecule has 0 bridgehead atoms. The Bertz CT molecular complexity index is 965. The molecule has 0 heterocycles. The standard InChI is InChI=1S/C37H64N4O4/c1-5-7-9-11-13-15-17-21-27-38-34(43)26-25-32(36(44)39-28-22-18-16-14-12-10-8-6-2)41-37(45)35(30(3)4)40-29-31-23-19-20-24-33(31)42/h19-20,23-24,29-30,32,35,42H,5-18,21-22,25-28H2,1-4H3,(H,38,43)(H,39,44)(H,41,45)/t32-,35-/m0/s1. The first-order valence-electron chi connectivity index (χ1n) is 18.0. The molecule has 256 valence electrons. The second-order valence-corrected chi connectivity index (χ2v) is 12.7. The van der Waals surface area contributed by atoms with E-state index in [2.05, 4.69) is 34.8 Å². The fraction of sp³-hybridized carbons (Fsp3) is 0.730. The van der Waals surface area contributed by atoms with Crippen LogP contribution in [0.2, 0.25) is 0 Å². The lowest BCUT2D eigenvalue weighted by molar-refractivity contribution is -0.130. The van der Waals surface area contributed by atoms with Crippen LogP contribution in [0, 0.1) is 5.92 Å². The van der Waals surface area contributed by atoms with Crippen molar-refractivity contribution >= 4 is 23.9 Å². The number of hydrogen-bond acceptors (Lipinski definition) is 5. The van der Waals surface area contributed by atoms with Crippen LogP contribution >= 0.6 is 0 Å². The van der Waals surface area contributed by atoms with Crippen molar-refractivity contribution in [2.75, 3.05) is 13.1 Å². The van der Waals surface area contributed by atoms with E-state index < -0.39 is 12.1 Å². The number of carbonyl (C=O) groups is 3. The Labute approximate surface area is 274 Å². The van der Waals surface area contributed by atoms with E-state index in [0.29, 0.717) is 18.7 Å². The van der Waals surface area contributed by atoms with Crippen LogP contribution in [-0.2, 0) is 14.4 Å². The van der Waals surface area contributed by atoms with Gasteiger partial charge in [0.1, 0.15) is 17.8 Å². The number of aliphatic imine (C=N–C) groups is 1. The van der Waals surface area contributed by atoms with Crippen molar-refractivity contribution < 1.29 is 19.5 Å². The smallest absolute Gasteiger partial charge is 0.245 e. The molecular formula is C37H64N4O4. The number of amides is 3. The summed E-state index contributed by atoms with van der Waals surface area (Å²) < 4.78 is 0. The second-order valence-electron chi connectivity index (χ2n) is 12.7. The zero-order valence-electron chi connectivity index (χ0n) is 28.9. The Balaban J connectivity index is 2.66. The van der Waals surface area contributed by atoms with E-state index in [-0.39, 0.29) is 42.2 Å². The first-order valence-corrected chi connectivity index (χ1v) is 18.0. The third-order valence-electron chi connectivity index (χ3n) is 8.19. The lowest BCUT2D eigenvalue weighted by atomic mass is 10.0. The maximum Gasteiger partial charge on any atom is 0.245 e. The van der Waals surface area contributed by atoms with Crippen molar-refractivity contribution in [3.8, 4) is 5.75 Å². The molecule has 2 atom stereocenters. The number of benzene rings is 1. The summed E-state index contributed by atoms with van der Waals surface area (Å²) in [5.41, 5.74) is 0.517. The summed E-state index contributed by atoms with van der Waals surface area (Å²) in [5.74, 6) is -0.799. The van der Waals surface area contributed by atoms with Gasteiger partial charge in [0.2, 0.25) is 17.7 Å². The number of aromatic hydroxyl groups is 1. The summed E-state index contributed by atoms with van der Waals surface area (Å²) in [6, 6.07) is 5.23. The molecule has 1 aromatic carbocycles. The van der Waals surface area contributed by atoms with Crippen molar-refractivity contribution in [2.24, 2.45) is 10.9 Å². The fourth-order valence-electron chi connectivity index (χ4n) is 5.27. The number of phenols is 1. The predicted molar refractivity (Wildman–Crippen MR) is 187 cm³/mol. The molecule has 0 radical (unpaired) electrons. The van der Waals surface area contributed by atoms with Crippen LogP contribution in [0.3, 0.4) is 0 Å². The third kappa shape index (κ3) is 20.0. The summed E-state index contributed by atoms with van der Waals surface area (Å²) >= 11 is 0. The number of hydrogen-bond donors (Lipinski definition) is 4. The molecular weight excluding hydrogens is 564 g/mol. The fourth-order valence-corrected chi connectivity index (χ4v) is 5.27. The van der Waals surface area contributed by atoms with Gasteiger partial charge in [-0.3, -0.25) is 19.4 Å². The van der Waals surface area contributed by atoms with E-state index in [1.54, 1.807) is 24.3 Å². The van der Waals surface area contributed by atoms with Gasteiger partial charge in [-0.2, -0.15) is 0 Å². The lowest BCUT2D eigenvalue weighted by Gasteiger charge is -2.22. The predicted octanol–water partition coefficient (Wildman–Crippen LogP) is 7.61. The number of para-hydroxylation sites is 1. The molecule has 3 amide bonds. The number of rotatable bonds is 27. The molecule has 0 spiro atoms. The highest BCUT2D eigenvalue weighted by Crippen LogP contribution is 2.15. The molecule has 0 saturated carbocycles. The molecule has 45 heavy (non-hydrogen) atoms. The monoisotopic (exact) mass is 628 g/mol. The molecule has 0 aliphatic heterocycles. The Morgan fingerprint density at radius 1 is 0.733 bits per heavy atom. The van der Waals surface area contributed by atoms with E-state index in [1.807, 2.05) is 13.8 Å². The summed E-state index contributed by atoms with van der Waals surface area (Å²) in [5, 5.41) is 18.9. The highest BCUT2D eigenvalue weighted by Gasteiger charge is 2.27. The van der Waals surface area contributed by atoms with Crippen LogP contribution in [0.4, 0.5) is 0 Å². The van der Waals surface area contributed by atoms with Gasteiger partial charge in [0.25, 0.3) is 0 Å². The maximum absolute atomic E-state index is 13.4. The Morgan fingerprint density at radius 3 is 1.78 bits per heavy atom. The van der Waals surface area contributed by atoms with E-state index in [0.717, 1.165) is 32.1 Å². The first kappa shape index (κ1) is 40.1. The lowest BCUT2D eigenvalue weighted by Crippen LogP contribution is -2.50. The Kier molecular flexibility index (Phi) is 23.5. The van der Waals surface area contributed by atoms with Gasteiger partial charge in [0.05, 0.1) is 0 Å². The summed E-state index contributed by atoms with van der Waals surface area (Å²) in [4.78, 5) is 43.7. The first-order chi connectivity index (χ1) is 21.8. The van der Waals surface area contributed by atoms with Gasteiger partial charge in [-0.15, -0.1) is 0 Å². The van der Waals surface area contributed by atoms with Gasteiger partial charge in [0.15, 0.2) is 0 Å². The molecule has 8 heteroatoms. The highest BCUT2D eigenvalue weighted by atomic mass is 16.3. The zero-order chi connectivity index (χ0) is 33.1. The Morgan fingerprint density at radius 2 is 1.24 bits per heavy atom.